The molecule has 0 amide bonds. The van der Waals surface area contributed by atoms with Crippen LogP contribution < -0.4 is 0 Å². The van der Waals surface area contributed by atoms with E-state index in [1.54, 1.807) is 17.6 Å². The Labute approximate surface area is 99.6 Å². The highest BCUT2D eigenvalue weighted by molar-refractivity contribution is 7.17. The Morgan fingerprint density at radius 2 is 2.00 bits per heavy atom. The molecule has 3 aromatic rings. The van der Waals surface area contributed by atoms with Crippen LogP contribution in [0.25, 0.3) is 21.3 Å². The summed E-state index contributed by atoms with van der Waals surface area (Å²) in [7, 11) is 0. The Bertz CT molecular complexity index is 694. The van der Waals surface area contributed by atoms with Gasteiger partial charge in [0.2, 0.25) is 0 Å². The molecule has 0 bridgehead atoms. The molecule has 0 saturated carbocycles. The van der Waals surface area contributed by atoms with Gasteiger partial charge in [0.1, 0.15) is 11.2 Å². The molecule has 3 rings (SSSR count). The van der Waals surface area contributed by atoms with Crippen LogP contribution in [0.4, 0.5) is 8.78 Å². The number of hydrogen-bond donors (Lipinski definition) is 0. The quantitative estimate of drug-likeness (QED) is 0.657. The zero-order valence-electron chi connectivity index (χ0n) is 8.52. The van der Waals surface area contributed by atoms with Crippen LogP contribution in [0, 0.1) is 11.6 Å². The first-order chi connectivity index (χ1) is 8.27. The highest BCUT2D eigenvalue weighted by atomic mass is 32.1. The molecule has 0 aliphatic rings. The van der Waals surface area contributed by atoms with Crippen molar-refractivity contribution in [2.24, 2.45) is 0 Å². The number of benzene rings is 1. The fourth-order valence-corrected chi connectivity index (χ4v) is 2.58. The summed E-state index contributed by atoms with van der Waals surface area (Å²) in [5, 5.41) is 2.50. The van der Waals surface area contributed by atoms with Crippen molar-refractivity contribution in [2.45, 2.75) is 0 Å². The molecule has 2 nitrogen and oxygen atoms in total. The molecule has 5 heteroatoms. The fraction of sp³-hybridized carbons (Fsp3) is 0. The van der Waals surface area contributed by atoms with E-state index in [0.29, 0.717) is 5.56 Å². The van der Waals surface area contributed by atoms with Crippen molar-refractivity contribution in [1.29, 1.82) is 0 Å². The molecule has 0 fully saturated rings. The molecule has 2 heterocycles. The van der Waals surface area contributed by atoms with Gasteiger partial charge in [-0.05, 0) is 6.07 Å². The van der Waals surface area contributed by atoms with Crippen molar-refractivity contribution in [1.82, 2.24) is 9.97 Å². The molecule has 0 unspecified atom stereocenters. The lowest BCUT2D eigenvalue weighted by atomic mass is 10.1. The van der Waals surface area contributed by atoms with Gasteiger partial charge in [0.05, 0.1) is 0 Å². The van der Waals surface area contributed by atoms with Gasteiger partial charge < -0.3 is 0 Å². The predicted molar refractivity (Wildman–Crippen MR) is 62.8 cm³/mol. The molecule has 1 aromatic carbocycles. The first kappa shape index (κ1) is 10.3. The van der Waals surface area contributed by atoms with E-state index >= 15 is 0 Å². The van der Waals surface area contributed by atoms with Gasteiger partial charge in [-0.2, -0.15) is 0 Å². The maximum absolute atomic E-state index is 13.7. The van der Waals surface area contributed by atoms with E-state index in [1.807, 2.05) is 0 Å². The molecular formula is C12H6F2N2S. The average Bonchev–Trinajstić information content (AvgIpc) is 2.77. The number of aromatic nitrogens is 2. The van der Waals surface area contributed by atoms with Crippen LogP contribution in [-0.2, 0) is 0 Å². The number of thiophene rings is 1. The Morgan fingerprint density at radius 1 is 1.12 bits per heavy atom. The Morgan fingerprint density at radius 3 is 2.88 bits per heavy atom. The third kappa shape index (κ3) is 1.59. The van der Waals surface area contributed by atoms with Gasteiger partial charge in [-0.25, -0.2) is 18.7 Å². The molecule has 0 aliphatic carbocycles. The molecule has 0 aliphatic heterocycles. The largest absolute Gasteiger partial charge is 0.244 e. The fourth-order valence-electron chi connectivity index (χ4n) is 1.70. The van der Waals surface area contributed by atoms with Gasteiger partial charge >= 0.3 is 0 Å². The number of rotatable bonds is 1. The lowest BCUT2D eigenvalue weighted by molar-refractivity contribution is 0.511. The van der Waals surface area contributed by atoms with Crippen LogP contribution in [0.15, 0.2) is 36.1 Å². The second-order valence-electron chi connectivity index (χ2n) is 3.49. The van der Waals surface area contributed by atoms with Gasteiger partial charge in [-0.3, -0.25) is 0 Å². The van der Waals surface area contributed by atoms with Crippen LogP contribution in [-0.4, -0.2) is 9.97 Å². The first-order valence-electron chi connectivity index (χ1n) is 4.89. The maximum Gasteiger partial charge on any atom is 0.166 e. The van der Waals surface area contributed by atoms with Crippen molar-refractivity contribution < 1.29 is 8.78 Å². The zero-order valence-corrected chi connectivity index (χ0v) is 9.34. The number of halogens is 2. The van der Waals surface area contributed by atoms with Crippen LogP contribution in [0.1, 0.15) is 0 Å². The summed E-state index contributed by atoms with van der Waals surface area (Å²) < 4.78 is 26.8. The minimum atomic E-state index is -0.848. The monoisotopic (exact) mass is 248 g/mol. The molecule has 2 aromatic heterocycles. The van der Waals surface area contributed by atoms with Crippen molar-refractivity contribution in [2.75, 3.05) is 0 Å². The van der Waals surface area contributed by atoms with Gasteiger partial charge in [0.15, 0.2) is 11.6 Å². The lowest BCUT2D eigenvalue weighted by Gasteiger charge is -2.01. The first-order valence-corrected chi connectivity index (χ1v) is 5.77. The normalized spacial score (nSPS) is 10.9. The van der Waals surface area contributed by atoms with E-state index in [4.69, 9.17) is 0 Å². The zero-order chi connectivity index (χ0) is 11.8. The van der Waals surface area contributed by atoms with Crippen LogP contribution in [0.3, 0.4) is 0 Å². The molecule has 0 radical (unpaired) electrons. The number of hydrogen-bond acceptors (Lipinski definition) is 3. The van der Waals surface area contributed by atoms with Crippen molar-refractivity contribution in [3.8, 4) is 11.1 Å². The summed E-state index contributed by atoms with van der Waals surface area (Å²) in [5.41, 5.74) is 0.869. The van der Waals surface area contributed by atoms with E-state index in [1.165, 1.54) is 23.7 Å². The minimum absolute atomic E-state index is 0.242. The smallest absolute Gasteiger partial charge is 0.166 e. The van der Waals surface area contributed by atoms with E-state index in [0.717, 1.165) is 16.3 Å². The molecule has 0 spiro atoms. The molecule has 0 atom stereocenters. The Hall–Kier alpha value is -1.88. The second-order valence-corrected chi connectivity index (χ2v) is 4.35. The highest BCUT2D eigenvalue weighted by Crippen LogP contribution is 2.34. The van der Waals surface area contributed by atoms with E-state index in [9.17, 15) is 8.78 Å². The van der Waals surface area contributed by atoms with Crippen LogP contribution in [0.5, 0.6) is 0 Å². The Kier molecular flexibility index (Phi) is 2.33. The summed E-state index contributed by atoms with van der Waals surface area (Å²) in [6.45, 7) is 0. The molecule has 84 valence electrons. The topological polar surface area (TPSA) is 25.8 Å². The van der Waals surface area contributed by atoms with Crippen LogP contribution >= 0.6 is 11.3 Å². The van der Waals surface area contributed by atoms with Crippen molar-refractivity contribution >= 4 is 21.6 Å². The minimum Gasteiger partial charge on any atom is -0.244 e. The summed E-state index contributed by atoms with van der Waals surface area (Å²) in [4.78, 5) is 8.74. The van der Waals surface area contributed by atoms with Crippen LogP contribution in [0.2, 0.25) is 0 Å². The molecule has 0 saturated heterocycles. The van der Waals surface area contributed by atoms with E-state index in [-0.39, 0.29) is 5.56 Å². The third-order valence-electron chi connectivity index (χ3n) is 2.50. The predicted octanol–water partition coefficient (Wildman–Crippen LogP) is 3.64. The summed E-state index contributed by atoms with van der Waals surface area (Å²) in [5.74, 6) is -1.69. The number of fused-ring (bicyclic) bond motifs is 1. The van der Waals surface area contributed by atoms with Gasteiger partial charge in [0.25, 0.3) is 0 Å². The van der Waals surface area contributed by atoms with E-state index < -0.39 is 11.6 Å². The lowest BCUT2D eigenvalue weighted by Crippen LogP contribution is -1.88. The van der Waals surface area contributed by atoms with Gasteiger partial charge in [0, 0.05) is 28.1 Å². The molecule has 17 heavy (non-hydrogen) atoms. The molecular weight excluding hydrogens is 242 g/mol. The SMILES string of the molecule is Fc1cccc(-c2csc3ncncc23)c1F. The standard InChI is InChI=1S/C12H6F2N2S/c13-10-3-1-2-7(11(10)14)9-5-17-12-8(9)4-15-6-16-12/h1-6H. The van der Waals surface area contributed by atoms with Gasteiger partial charge in [-0.15, -0.1) is 11.3 Å². The summed E-state index contributed by atoms with van der Waals surface area (Å²) in [6.07, 6.45) is 3.04. The van der Waals surface area contributed by atoms with Crippen molar-refractivity contribution in [3.05, 3.63) is 47.7 Å². The van der Waals surface area contributed by atoms with E-state index in [2.05, 4.69) is 9.97 Å². The third-order valence-corrected chi connectivity index (χ3v) is 3.40. The molecule has 0 N–H and O–H groups in total. The highest BCUT2D eigenvalue weighted by Gasteiger charge is 2.13. The van der Waals surface area contributed by atoms with Gasteiger partial charge in [-0.1, -0.05) is 12.1 Å². The van der Waals surface area contributed by atoms with Crippen molar-refractivity contribution in [3.63, 3.8) is 0 Å². The number of nitrogens with zero attached hydrogens (tertiary/aromatic N) is 2. The average molecular weight is 248 g/mol. The summed E-state index contributed by atoms with van der Waals surface area (Å²) >= 11 is 1.38. The second kappa shape index (κ2) is 3.85. The maximum atomic E-state index is 13.7. The summed E-state index contributed by atoms with van der Waals surface area (Å²) in [6, 6.07) is 4.14. The Balaban J connectivity index is 2.31.